The largest absolute Gasteiger partial charge is 0.366 e. The van der Waals surface area contributed by atoms with Gasteiger partial charge in [0, 0.05) is 25.8 Å². The lowest BCUT2D eigenvalue weighted by atomic mass is 9.97. The fourth-order valence-corrected chi connectivity index (χ4v) is 3.18. The van der Waals surface area contributed by atoms with Crippen LogP contribution < -0.4 is 16.0 Å². The fourth-order valence-electron chi connectivity index (χ4n) is 2.89. The molecule has 0 unspecified atom stereocenters. The van der Waals surface area contributed by atoms with Gasteiger partial charge in [0.25, 0.3) is 0 Å². The molecular formula is C16H21ClN4O2. The van der Waals surface area contributed by atoms with E-state index < -0.39 is 5.91 Å². The molecule has 23 heavy (non-hydrogen) atoms. The Morgan fingerprint density at radius 2 is 2.17 bits per heavy atom. The molecular weight excluding hydrogens is 316 g/mol. The smallest absolute Gasteiger partial charge is 0.250 e. The molecule has 1 saturated carbocycles. The minimum absolute atomic E-state index is 0.0452. The minimum atomic E-state index is -0.554. The van der Waals surface area contributed by atoms with Crippen LogP contribution in [0, 0.1) is 11.8 Å². The van der Waals surface area contributed by atoms with E-state index in [1.165, 1.54) is 25.1 Å². The molecule has 2 heterocycles. The Bertz CT molecular complexity index is 618. The average Bonchev–Trinajstić information content (AvgIpc) is 3.37. The Morgan fingerprint density at radius 1 is 1.39 bits per heavy atom. The van der Waals surface area contributed by atoms with Crippen molar-refractivity contribution in [3.63, 3.8) is 0 Å². The number of carbonyl (C=O) groups excluding carboxylic acids is 2. The lowest BCUT2D eigenvalue weighted by Crippen LogP contribution is -2.44. The fraction of sp³-hybridized carbons (Fsp3) is 0.562. The van der Waals surface area contributed by atoms with Gasteiger partial charge < -0.3 is 16.0 Å². The number of hydrogen-bond acceptors (Lipinski definition) is 4. The third-order valence-corrected chi connectivity index (χ3v) is 4.74. The molecule has 1 saturated heterocycles. The molecule has 1 aliphatic heterocycles. The summed E-state index contributed by atoms with van der Waals surface area (Å²) in [5.74, 6) is 0.803. The molecule has 3 rings (SSSR count). The summed E-state index contributed by atoms with van der Waals surface area (Å²) < 4.78 is 0. The number of piperidine rings is 1. The summed E-state index contributed by atoms with van der Waals surface area (Å²) in [6.07, 6.45) is 5.67. The second kappa shape index (κ2) is 6.74. The number of pyridine rings is 1. The van der Waals surface area contributed by atoms with Gasteiger partial charge in [-0.1, -0.05) is 11.6 Å². The zero-order valence-electron chi connectivity index (χ0n) is 12.9. The molecule has 2 amide bonds. The summed E-state index contributed by atoms with van der Waals surface area (Å²) in [5, 5.41) is 3.43. The molecule has 0 radical (unpaired) electrons. The van der Waals surface area contributed by atoms with Crippen LogP contribution in [0.15, 0.2) is 12.3 Å². The van der Waals surface area contributed by atoms with E-state index in [0.717, 1.165) is 25.9 Å². The van der Waals surface area contributed by atoms with Crippen LogP contribution in [0.1, 0.15) is 36.0 Å². The molecule has 7 heteroatoms. The molecule has 2 aliphatic rings. The predicted molar refractivity (Wildman–Crippen MR) is 88.4 cm³/mol. The summed E-state index contributed by atoms with van der Waals surface area (Å²) in [6.45, 7) is 2.19. The van der Waals surface area contributed by atoms with Crippen molar-refractivity contribution in [2.24, 2.45) is 17.6 Å². The highest BCUT2D eigenvalue weighted by Crippen LogP contribution is 2.30. The number of anilines is 1. The third kappa shape index (κ3) is 3.93. The lowest BCUT2D eigenvalue weighted by Gasteiger charge is -2.33. The zero-order valence-corrected chi connectivity index (χ0v) is 13.7. The van der Waals surface area contributed by atoms with Gasteiger partial charge in [0.2, 0.25) is 11.8 Å². The Kier molecular flexibility index (Phi) is 4.71. The van der Waals surface area contributed by atoms with E-state index in [1.54, 1.807) is 0 Å². The first-order chi connectivity index (χ1) is 11.0. The molecule has 6 nitrogen and oxygen atoms in total. The van der Waals surface area contributed by atoms with Crippen LogP contribution in [0.5, 0.6) is 0 Å². The Labute approximate surface area is 140 Å². The first kappa shape index (κ1) is 16.1. The van der Waals surface area contributed by atoms with Crippen molar-refractivity contribution >= 4 is 29.2 Å². The van der Waals surface area contributed by atoms with Gasteiger partial charge in [-0.15, -0.1) is 0 Å². The number of nitrogens with two attached hydrogens (primary N) is 1. The lowest BCUT2D eigenvalue weighted by molar-refractivity contribution is -0.125. The van der Waals surface area contributed by atoms with Crippen LogP contribution in [0.3, 0.4) is 0 Å². The van der Waals surface area contributed by atoms with E-state index in [1.807, 2.05) is 4.90 Å². The van der Waals surface area contributed by atoms with Crippen molar-refractivity contribution in [1.82, 2.24) is 10.3 Å². The summed E-state index contributed by atoms with van der Waals surface area (Å²) in [4.78, 5) is 29.7. The number of amides is 2. The number of carbonyl (C=O) groups is 2. The number of hydrogen-bond donors (Lipinski definition) is 2. The highest BCUT2D eigenvalue weighted by Gasteiger charge is 2.29. The number of primary amides is 1. The van der Waals surface area contributed by atoms with Gasteiger partial charge in [0.1, 0.15) is 5.82 Å². The zero-order chi connectivity index (χ0) is 16.4. The minimum Gasteiger partial charge on any atom is -0.366 e. The maximum Gasteiger partial charge on any atom is 0.250 e. The topological polar surface area (TPSA) is 88.3 Å². The molecule has 1 aromatic heterocycles. The predicted octanol–water partition coefficient (Wildman–Crippen LogP) is 1.58. The third-order valence-electron chi connectivity index (χ3n) is 4.46. The second-order valence-corrected chi connectivity index (χ2v) is 6.77. The van der Waals surface area contributed by atoms with E-state index >= 15 is 0 Å². The molecule has 0 bridgehead atoms. The summed E-state index contributed by atoms with van der Waals surface area (Å²) >= 11 is 6.23. The van der Waals surface area contributed by atoms with Crippen molar-refractivity contribution in [3.05, 3.63) is 22.8 Å². The van der Waals surface area contributed by atoms with Crippen molar-refractivity contribution < 1.29 is 9.59 Å². The number of aromatic nitrogens is 1. The maximum absolute atomic E-state index is 12.3. The van der Waals surface area contributed by atoms with E-state index in [-0.39, 0.29) is 17.4 Å². The summed E-state index contributed by atoms with van der Waals surface area (Å²) in [7, 11) is 0. The van der Waals surface area contributed by atoms with Gasteiger partial charge in [-0.25, -0.2) is 4.98 Å². The van der Waals surface area contributed by atoms with Gasteiger partial charge in [-0.05, 0) is 37.7 Å². The van der Waals surface area contributed by atoms with Gasteiger partial charge in [-0.3, -0.25) is 9.59 Å². The van der Waals surface area contributed by atoms with Crippen LogP contribution in [-0.2, 0) is 4.79 Å². The van der Waals surface area contributed by atoms with Gasteiger partial charge >= 0.3 is 0 Å². The number of halogens is 1. The van der Waals surface area contributed by atoms with Crippen molar-refractivity contribution in [1.29, 1.82) is 0 Å². The number of rotatable bonds is 5. The number of nitrogens with zero attached hydrogens (tertiary/aromatic N) is 2. The standard InChI is InChI=1S/C16H21ClN4O2/c17-13-6-12(14(18)22)8-19-15(13)21-5-1-2-11(9-21)16(23)20-7-10-3-4-10/h6,8,10-11H,1-5,7,9H2,(H2,18,22)(H,20,23)/t11-/m1/s1. The molecule has 2 fully saturated rings. The van der Waals surface area contributed by atoms with Crippen LogP contribution in [0.25, 0.3) is 0 Å². The normalized spacial score (nSPS) is 21.1. The van der Waals surface area contributed by atoms with Gasteiger partial charge in [0.05, 0.1) is 16.5 Å². The van der Waals surface area contributed by atoms with E-state index in [4.69, 9.17) is 17.3 Å². The van der Waals surface area contributed by atoms with E-state index in [0.29, 0.717) is 23.3 Å². The molecule has 0 aromatic carbocycles. The average molecular weight is 337 g/mol. The number of nitrogens with one attached hydrogen (secondary N) is 1. The van der Waals surface area contributed by atoms with Crippen LogP contribution >= 0.6 is 11.6 Å². The van der Waals surface area contributed by atoms with Crippen molar-refractivity contribution in [2.75, 3.05) is 24.5 Å². The molecule has 1 aromatic rings. The first-order valence-corrected chi connectivity index (χ1v) is 8.40. The molecule has 1 aliphatic carbocycles. The summed E-state index contributed by atoms with van der Waals surface area (Å²) in [6, 6.07) is 1.53. The van der Waals surface area contributed by atoms with Gasteiger partial charge in [0.15, 0.2) is 0 Å². The Hall–Kier alpha value is -1.82. The Morgan fingerprint density at radius 3 is 2.83 bits per heavy atom. The highest BCUT2D eigenvalue weighted by molar-refractivity contribution is 6.33. The molecule has 124 valence electrons. The SMILES string of the molecule is NC(=O)c1cnc(N2CCC[C@@H](C(=O)NCC3CC3)C2)c(Cl)c1. The molecule has 1 atom stereocenters. The van der Waals surface area contributed by atoms with Crippen molar-refractivity contribution in [2.45, 2.75) is 25.7 Å². The monoisotopic (exact) mass is 336 g/mol. The maximum atomic E-state index is 12.3. The first-order valence-electron chi connectivity index (χ1n) is 8.02. The highest BCUT2D eigenvalue weighted by atomic mass is 35.5. The van der Waals surface area contributed by atoms with Crippen LogP contribution in [0.2, 0.25) is 5.02 Å². The van der Waals surface area contributed by atoms with E-state index in [2.05, 4.69) is 10.3 Å². The van der Waals surface area contributed by atoms with Crippen LogP contribution in [0.4, 0.5) is 5.82 Å². The van der Waals surface area contributed by atoms with Gasteiger partial charge in [-0.2, -0.15) is 0 Å². The molecule has 3 N–H and O–H groups in total. The van der Waals surface area contributed by atoms with Crippen molar-refractivity contribution in [3.8, 4) is 0 Å². The van der Waals surface area contributed by atoms with E-state index in [9.17, 15) is 9.59 Å². The second-order valence-electron chi connectivity index (χ2n) is 6.37. The quantitative estimate of drug-likeness (QED) is 0.854. The van der Waals surface area contributed by atoms with Crippen LogP contribution in [-0.4, -0.2) is 36.4 Å². The molecule has 0 spiro atoms. The Balaban J connectivity index is 1.65. The summed E-state index contributed by atoms with van der Waals surface area (Å²) in [5.41, 5.74) is 5.52.